The summed E-state index contributed by atoms with van der Waals surface area (Å²) in [6.07, 6.45) is 5.48. The molecule has 2 aromatic rings. The summed E-state index contributed by atoms with van der Waals surface area (Å²) in [4.78, 5) is 42.9. The van der Waals surface area contributed by atoms with E-state index >= 15 is 0 Å². The molecule has 2 aliphatic heterocycles. The van der Waals surface area contributed by atoms with Gasteiger partial charge in [-0.15, -0.1) is 0 Å². The minimum atomic E-state index is -0.0980. The number of hydrogen-bond donors (Lipinski definition) is 1. The predicted molar refractivity (Wildman–Crippen MR) is 143 cm³/mol. The summed E-state index contributed by atoms with van der Waals surface area (Å²) in [6, 6.07) is 17.3. The number of amides is 3. The fraction of sp³-hybridized carbons (Fsp3) is 0.433. The summed E-state index contributed by atoms with van der Waals surface area (Å²) in [6.45, 7) is 5.71. The van der Waals surface area contributed by atoms with Gasteiger partial charge in [0, 0.05) is 37.7 Å². The van der Waals surface area contributed by atoms with E-state index in [1.54, 1.807) is 4.90 Å². The molecule has 0 unspecified atom stereocenters. The summed E-state index contributed by atoms with van der Waals surface area (Å²) < 4.78 is 6.08. The Kier molecular flexibility index (Phi) is 8.99. The molecular formula is C30H37N3O4. The standard InChI is InChI=1S/C30H37N3O4/c1-22(2)31-28(34)18-24-14-15-32-19-25(24)12-8-16-37-27-13-7-6-11-26(27)20-33(21-30(32)36)29(35)17-23-9-4-3-5-10-23/h3-13,22,24-25H,14-21H2,1-2H3,(H,31,34)/b12-8+/t24-,25-/m0/s1. The molecule has 7 nitrogen and oxygen atoms in total. The Morgan fingerprint density at radius 2 is 1.81 bits per heavy atom. The maximum Gasteiger partial charge on any atom is 0.242 e. The fourth-order valence-electron chi connectivity index (χ4n) is 5.07. The first kappa shape index (κ1) is 26.5. The Morgan fingerprint density at radius 3 is 2.59 bits per heavy atom. The van der Waals surface area contributed by atoms with E-state index in [0.29, 0.717) is 38.4 Å². The van der Waals surface area contributed by atoms with Crippen LogP contribution in [-0.2, 0) is 27.3 Å². The van der Waals surface area contributed by atoms with Crippen molar-refractivity contribution in [1.82, 2.24) is 15.1 Å². The predicted octanol–water partition coefficient (Wildman–Crippen LogP) is 3.59. The highest BCUT2D eigenvalue weighted by Gasteiger charge is 2.33. The molecule has 0 aromatic heterocycles. The van der Waals surface area contributed by atoms with Gasteiger partial charge in [-0.05, 0) is 43.7 Å². The molecule has 1 N–H and O–H groups in total. The second kappa shape index (κ2) is 12.6. The van der Waals surface area contributed by atoms with Gasteiger partial charge in [-0.3, -0.25) is 14.4 Å². The molecule has 0 saturated carbocycles. The van der Waals surface area contributed by atoms with Crippen molar-refractivity contribution < 1.29 is 19.1 Å². The number of carbonyl (C=O) groups excluding carboxylic acids is 3. The van der Waals surface area contributed by atoms with Crippen LogP contribution >= 0.6 is 0 Å². The van der Waals surface area contributed by atoms with Gasteiger partial charge in [0.2, 0.25) is 17.7 Å². The molecule has 37 heavy (non-hydrogen) atoms. The number of nitrogens with zero attached hydrogens (tertiary/aromatic N) is 2. The molecule has 1 saturated heterocycles. The van der Waals surface area contributed by atoms with Crippen LogP contribution in [0.4, 0.5) is 0 Å². The molecule has 2 bridgehead atoms. The van der Waals surface area contributed by atoms with E-state index in [0.717, 1.165) is 17.5 Å². The minimum Gasteiger partial charge on any atom is -0.489 e. The lowest BCUT2D eigenvalue weighted by atomic mass is 9.82. The third kappa shape index (κ3) is 7.44. The minimum absolute atomic E-state index is 0.00887. The summed E-state index contributed by atoms with van der Waals surface area (Å²) in [5, 5.41) is 2.99. The van der Waals surface area contributed by atoms with Crippen LogP contribution in [-0.4, -0.2) is 59.8 Å². The number of carbonyl (C=O) groups is 3. The molecule has 1 fully saturated rings. The number of para-hydroxylation sites is 1. The lowest BCUT2D eigenvalue weighted by molar-refractivity contribution is -0.142. The van der Waals surface area contributed by atoms with Gasteiger partial charge in [0.25, 0.3) is 0 Å². The number of nitrogens with one attached hydrogen (secondary N) is 1. The Bertz CT molecular complexity index is 1110. The van der Waals surface area contributed by atoms with Crippen LogP contribution in [0, 0.1) is 11.8 Å². The van der Waals surface area contributed by atoms with E-state index in [1.807, 2.05) is 79.4 Å². The number of ether oxygens (including phenoxy) is 1. The van der Waals surface area contributed by atoms with Crippen LogP contribution in [0.3, 0.4) is 0 Å². The molecule has 196 valence electrons. The second-order valence-electron chi connectivity index (χ2n) is 10.2. The molecule has 0 aliphatic carbocycles. The van der Waals surface area contributed by atoms with Crippen molar-refractivity contribution in [2.45, 2.75) is 45.7 Å². The fourth-order valence-corrected chi connectivity index (χ4v) is 5.07. The number of hydrogen-bond acceptors (Lipinski definition) is 4. The SMILES string of the molecule is CC(C)NC(=O)C[C@@H]1CCN2C[C@@H]1/C=C/COc1ccccc1CN(C(=O)Cc1ccccc1)CC2=O. The second-order valence-corrected chi connectivity index (χ2v) is 10.2. The van der Waals surface area contributed by atoms with Crippen molar-refractivity contribution in [2.75, 3.05) is 26.2 Å². The highest BCUT2D eigenvalue weighted by Crippen LogP contribution is 2.29. The maximum absolute atomic E-state index is 13.5. The van der Waals surface area contributed by atoms with Crippen LogP contribution in [0.1, 0.15) is 37.8 Å². The topological polar surface area (TPSA) is 79.0 Å². The lowest BCUT2D eigenvalue weighted by Gasteiger charge is -2.38. The van der Waals surface area contributed by atoms with Gasteiger partial charge in [-0.25, -0.2) is 0 Å². The number of piperidine rings is 1. The summed E-state index contributed by atoms with van der Waals surface area (Å²) in [7, 11) is 0. The summed E-state index contributed by atoms with van der Waals surface area (Å²) in [5.74, 6) is 0.768. The van der Waals surface area contributed by atoms with Gasteiger partial charge in [-0.2, -0.15) is 0 Å². The molecular weight excluding hydrogens is 466 g/mol. The zero-order valence-electron chi connectivity index (χ0n) is 21.8. The largest absolute Gasteiger partial charge is 0.489 e. The van der Waals surface area contributed by atoms with Crippen molar-refractivity contribution in [3.8, 4) is 5.75 Å². The Balaban J connectivity index is 1.56. The molecule has 0 spiro atoms. The van der Waals surface area contributed by atoms with Gasteiger partial charge in [-0.1, -0.05) is 60.7 Å². The van der Waals surface area contributed by atoms with E-state index in [-0.39, 0.29) is 48.6 Å². The summed E-state index contributed by atoms with van der Waals surface area (Å²) in [5.41, 5.74) is 1.78. The van der Waals surface area contributed by atoms with Crippen molar-refractivity contribution in [3.63, 3.8) is 0 Å². The first-order chi connectivity index (χ1) is 17.9. The van der Waals surface area contributed by atoms with Crippen molar-refractivity contribution in [2.24, 2.45) is 11.8 Å². The monoisotopic (exact) mass is 503 g/mol. The van der Waals surface area contributed by atoms with Crippen LogP contribution in [0.15, 0.2) is 66.7 Å². The van der Waals surface area contributed by atoms with Crippen LogP contribution < -0.4 is 10.1 Å². The van der Waals surface area contributed by atoms with Gasteiger partial charge in [0.1, 0.15) is 18.9 Å². The van der Waals surface area contributed by atoms with Gasteiger partial charge in [0.15, 0.2) is 0 Å². The average molecular weight is 504 g/mol. The van der Waals surface area contributed by atoms with E-state index < -0.39 is 0 Å². The smallest absolute Gasteiger partial charge is 0.242 e. The van der Waals surface area contributed by atoms with Crippen LogP contribution in [0.25, 0.3) is 0 Å². The highest BCUT2D eigenvalue weighted by molar-refractivity contribution is 5.86. The Hall–Kier alpha value is -3.61. The zero-order valence-corrected chi connectivity index (χ0v) is 21.8. The van der Waals surface area contributed by atoms with Gasteiger partial charge in [0.05, 0.1) is 6.42 Å². The number of fused-ring (bicyclic) bond motifs is 3. The Morgan fingerprint density at radius 1 is 1.05 bits per heavy atom. The molecule has 3 amide bonds. The zero-order chi connectivity index (χ0) is 26.2. The molecule has 7 heteroatoms. The quantitative estimate of drug-likeness (QED) is 0.633. The first-order valence-electron chi connectivity index (χ1n) is 13.1. The van der Waals surface area contributed by atoms with Crippen molar-refractivity contribution in [3.05, 3.63) is 77.9 Å². The number of benzene rings is 2. The molecule has 0 radical (unpaired) electrons. The molecule has 2 aromatic carbocycles. The molecule has 2 aliphatic rings. The normalized spacial score (nSPS) is 21.1. The van der Waals surface area contributed by atoms with Gasteiger partial charge < -0.3 is 19.9 Å². The molecule has 2 heterocycles. The van der Waals surface area contributed by atoms with E-state index in [2.05, 4.69) is 11.4 Å². The third-order valence-electron chi connectivity index (χ3n) is 6.99. The lowest BCUT2D eigenvalue weighted by Crippen LogP contribution is -2.49. The third-order valence-corrected chi connectivity index (χ3v) is 6.99. The van der Waals surface area contributed by atoms with Crippen molar-refractivity contribution >= 4 is 17.7 Å². The highest BCUT2D eigenvalue weighted by atomic mass is 16.5. The van der Waals surface area contributed by atoms with Gasteiger partial charge >= 0.3 is 0 Å². The van der Waals surface area contributed by atoms with Crippen LogP contribution in [0.5, 0.6) is 5.75 Å². The van der Waals surface area contributed by atoms with E-state index in [4.69, 9.17) is 4.74 Å². The first-order valence-corrected chi connectivity index (χ1v) is 13.1. The molecule has 4 rings (SSSR count). The summed E-state index contributed by atoms with van der Waals surface area (Å²) >= 11 is 0. The maximum atomic E-state index is 13.5. The van der Waals surface area contributed by atoms with Crippen molar-refractivity contribution in [1.29, 1.82) is 0 Å². The molecule has 2 atom stereocenters. The van der Waals surface area contributed by atoms with E-state index in [9.17, 15) is 14.4 Å². The average Bonchev–Trinajstić information content (AvgIpc) is 2.88. The van der Waals surface area contributed by atoms with E-state index in [1.165, 1.54) is 0 Å². The Labute approximate surface area is 219 Å². The number of rotatable bonds is 5. The van der Waals surface area contributed by atoms with Crippen LogP contribution in [0.2, 0.25) is 0 Å².